The Hall–Kier alpha value is -2.66. The van der Waals surface area contributed by atoms with Crippen molar-refractivity contribution in [3.63, 3.8) is 0 Å². The molecule has 0 saturated carbocycles. The highest BCUT2D eigenvalue weighted by atomic mass is 16.3. The number of para-hydroxylation sites is 1. The number of rotatable bonds is 5. The predicted octanol–water partition coefficient (Wildman–Crippen LogP) is 2.27. The third kappa shape index (κ3) is 2.07. The molecule has 112 valence electrons. The molecule has 0 bridgehead atoms. The molecule has 5 nitrogen and oxygen atoms in total. The standard InChI is InChI=1S/C17H15NO4/c1-2-9-18-13-7-4-3-6-12(13)17(21,16(18)20)11-14(19)15-8-5-10-22-15/h2-8,10,21H,1,9,11H2/t17-/m1/s1. The largest absolute Gasteiger partial charge is 0.461 e. The Kier molecular flexibility index (Phi) is 3.42. The maximum absolute atomic E-state index is 12.6. The van der Waals surface area contributed by atoms with Crippen LogP contribution in [0.1, 0.15) is 22.5 Å². The normalized spacial score (nSPS) is 20.0. The van der Waals surface area contributed by atoms with Gasteiger partial charge in [0.15, 0.2) is 11.4 Å². The Bertz CT molecular complexity index is 735. The Balaban J connectivity index is 2.00. The number of ketones is 1. The summed E-state index contributed by atoms with van der Waals surface area (Å²) in [5.74, 6) is -0.814. The molecule has 0 fully saturated rings. The molecule has 1 amide bonds. The van der Waals surface area contributed by atoms with Gasteiger partial charge in [-0.15, -0.1) is 6.58 Å². The van der Waals surface area contributed by atoms with Gasteiger partial charge in [0.1, 0.15) is 0 Å². The number of furan rings is 1. The van der Waals surface area contributed by atoms with Crippen molar-refractivity contribution in [3.05, 3.63) is 66.6 Å². The minimum Gasteiger partial charge on any atom is -0.461 e. The summed E-state index contributed by atoms with van der Waals surface area (Å²) in [4.78, 5) is 26.3. The first kappa shape index (κ1) is 14.3. The fourth-order valence-corrected chi connectivity index (χ4v) is 2.74. The lowest BCUT2D eigenvalue weighted by molar-refractivity contribution is -0.135. The van der Waals surface area contributed by atoms with E-state index in [1.807, 2.05) is 0 Å². The minimum atomic E-state index is -1.87. The summed E-state index contributed by atoms with van der Waals surface area (Å²) in [5, 5.41) is 10.9. The molecule has 2 aromatic rings. The molecule has 0 radical (unpaired) electrons. The lowest BCUT2D eigenvalue weighted by Crippen LogP contribution is -2.41. The predicted molar refractivity (Wildman–Crippen MR) is 80.5 cm³/mol. The molecular formula is C17H15NO4. The van der Waals surface area contributed by atoms with E-state index in [0.717, 1.165) is 0 Å². The van der Waals surface area contributed by atoms with Crippen LogP contribution in [0.4, 0.5) is 5.69 Å². The Labute approximate surface area is 127 Å². The minimum absolute atomic E-state index is 0.126. The van der Waals surface area contributed by atoms with Gasteiger partial charge in [-0.25, -0.2) is 0 Å². The fraction of sp³-hybridized carbons (Fsp3) is 0.176. The quantitative estimate of drug-likeness (QED) is 0.679. The van der Waals surface area contributed by atoms with Gasteiger partial charge in [-0.3, -0.25) is 9.59 Å². The number of carbonyl (C=O) groups excluding carboxylic acids is 2. The van der Waals surface area contributed by atoms with Crippen LogP contribution in [-0.4, -0.2) is 23.3 Å². The van der Waals surface area contributed by atoms with Gasteiger partial charge in [0.05, 0.1) is 18.4 Å². The molecule has 1 aliphatic rings. The molecule has 0 saturated heterocycles. The number of hydrogen-bond donors (Lipinski definition) is 1. The molecule has 0 aliphatic carbocycles. The average Bonchev–Trinajstić information content (AvgIpc) is 3.11. The number of anilines is 1. The molecule has 22 heavy (non-hydrogen) atoms. The Morgan fingerprint density at radius 1 is 1.32 bits per heavy atom. The van der Waals surface area contributed by atoms with E-state index in [9.17, 15) is 14.7 Å². The van der Waals surface area contributed by atoms with E-state index in [1.165, 1.54) is 17.2 Å². The van der Waals surface area contributed by atoms with E-state index in [2.05, 4.69) is 6.58 Å². The van der Waals surface area contributed by atoms with Crippen LogP contribution in [-0.2, 0) is 10.4 Å². The first-order valence-corrected chi connectivity index (χ1v) is 6.89. The topological polar surface area (TPSA) is 70.8 Å². The van der Waals surface area contributed by atoms with Crippen molar-refractivity contribution in [2.24, 2.45) is 0 Å². The zero-order valence-corrected chi connectivity index (χ0v) is 11.9. The lowest BCUT2D eigenvalue weighted by Gasteiger charge is -2.21. The first-order chi connectivity index (χ1) is 10.6. The second-order valence-electron chi connectivity index (χ2n) is 5.16. The van der Waals surface area contributed by atoms with Crippen LogP contribution in [0, 0.1) is 0 Å². The van der Waals surface area contributed by atoms with Crippen LogP contribution in [0.15, 0.2) is 59.7 Å². The van der Waals surface area contributed by atoms with Gasteiger partial charge in [-0.05, 0) is 18.2 Å². The van der Waals surface area contributed by atoms with Gasteiger partial charge < -0.3 is 14.4 Å². The van der Waals surface area contributed by atoms with Crippen LogP contribution < -0.4 is 4.90 Å². The molecule has 1 aromatic carbocycles. The second kappa shape index (κ2) is 5.27. The molecular weight excluding hydrogens is 282 g/mol. The van der Waals surface area contributed by atoms with E-state index in [-0.39, 0.29) is 18.7 Å². The number of hydrogen-bond acceptors (Lipinski definition) is 4. The van der Waals surface area contributed by atoms with Crippen LogP contribution in [0.25, 0.3) is 0 Å². The monoisotopic (exact) mass is 297 g/mol. The van der Waals surface area contributed by atoms with Crippen molar-refractivity contribution in [1.29, 1.82) is 0 Å². The van der Waals surface area contributed by atoms with Crippen LogP contribution in [0.5, 0.6) is 0 Å². The summed E-state index contributed by atoms with van der Waals surface area (Å²) in [7, 11) is 0. The summed E-state index contributed by atoms with van der Waals surface area (Å²) in [6, 6.07) is 10.0. The number of benzene rings is 1. The number of fused-ring (bicyclic) bond motifs is 1. The summed E-state index contributed by atoms with van der Waals surface area (Å²) in [6.45, 7) is 3.89. The molecule has 0 unspecified atom stereocenters. The number of nitrogens with zero attached hydrogens (tertiary/aromatic N) is 1. The van der Waals surface area contributed by atoms with E-state index >= 15 is 0 Å². The maximum Gasteiger partial charge on any atom is 0.264 e. The molecule has 2 heterocycles. The summed E-state index contributed by atoms with van der Waals surface area (Å²) in [5.41, 5.74) is -0.840. The molecule has 1 aromatic heterocycles. The van der Waals surface area contributed by atoms with Crippen LogP contribution in [0.2, 0.25) is 0 Å². The summed E-state index contributed by atoms with van der Waals surface area (Å²) < 4.78 is 5.05. The van der Waals surface area contributed by atoms with Gasteiger partial charge in [0, 0.05) is 12.1 Å². The molecule has 1 N–H and O–H groups in total. The molecule has 3 rings (SSSR count). The van der Waals surface area contributed by atoms with Crippen molar-refractivity contribution in [1.82, 2.24) is 0 Å². The van der Waals surface area contributed by atoms with Crippen LogP contribution >= 0.6 is 0 Å². The molecule has 5 heteroatoms. The highest BCUT2D eigenvalue weighted by Gasteiger charge is 2.50. The van der Waals surface area contributed by atoms with E-state index in [1.54, 1.807) is 36.4 Å². The zero-order valence-electron chi connectivity index (χ0n) is 11.9. The van der Waals surface area contributed by atoms with Crippen molar-refractivity contribution in [2.45, 2.75) is 12.0 Å². The average molecular weight is 297 g/mol. The zero-order chi connectivity index (χ0) is 15.7. The van der Waals surface area contributed by atoms with Crippen molar-refractivity contribution in [2.75, 3.05) is 11.4 Å². The van der Waals surface area contributed by atoms with Crippen molar-refractivity contribution < 1.29 is 19.1 Å². The third-order valence-electron chi connectivity index (χ3n) is 3.76. The van der Waals surface area contributed by atoms with Gasteiger partial charge in [-0.2, -0.15) is 0 Å². The van der Waals surface area contributed by atoms with E-state index < -0.39 is 17.3 Å². The molecule has 1 aliphatic heterocycles. The number of carbonyl (C=O) groups is 2. The Morgan fingerprint density at radius 2 is 2.09 bits per heavy atom. The van der Waals surface area contributed by atoms with Crippen molar-refractivity contribution in [3.8, 4) is 0 Å². The first-order valence-electron chi connectivity index (χ1n) is 6.89. The maximum atomic E-state index is 12.6. The summed E-state index contributed by atoms with van der Waals surface area (Å²) in [6.07, 6.45) is 2.60. The smallest absolute Gasteiger partial charge is 0.264 e. The van der Waals surface area contributed by atoms with E-state index in [0.29, 0.717) is 11.3 Å². The highest BCUT2D eigenvalue weighted by molar-refractivity contribution is 6.10. The van der Waals surface area contributed by atoms with Gasteiger partial charge >= 0.3 is 0 Å². The number of Topliss-reactive ketones (excluding diaryl/α,β-unsaturated/α-hetero) is 1. The Morgan fingerprint density at radius 3 is 2.77 bits per heavy atom. The summed E-state index contributed by atoms with van der Waals surface area (Å²) >= 11 is 0. The van der Waals surface area contributed by atoms with Crippen molar-refractivity contribution >= 4 is 17.4 Å². The van der Waals surface area contributed by atoms with E-state index in [4.69, 9.17) is 4.42 Å². The van der Waals surface area contributed by atoms with Crippen LogP contribution in [0.3, 0.4) is 0 Å². The third-order valence-corrected chi connectivity index (χ3v) is 3.76. The van der Waals surface area contributed by atoms with Gasteiger partial charge in [0.25, 0.3) is 5.91 Å². The molecule has 0 spiro atoms. The second-order valence-corrected chi connectivity index (χ2v) is 5.16. The fourth-order valence-electron chi connectivity index (χ4n) is 2.74. The number of aliphatic hydroxyl groups is 1. The highest BCUT2D eigenvalue weighted by Crippen LogP contribution is 2.42. The van der Waals surface area contributed by atoms with Gasteiger partial charge in [0.2, 0.25) is 5.78 Å². The SMILES string of the molecule is C=CCN1C(=O)[C@@](O)(CC(=O)c2ccco2)c2ccccc21. The number of amides is 1. The lowest BCUT2D eigenvalue weighted by atomic mass is 9.89. The van der Waals surface area contributed by atoms with Gasteiger partial charge in [-0.1, -0.05) is 24.3 Å². The molecule has 1 atom stereocenters.